The fourth-order valence-electron chi connectivity index (χ4n) is 4.02. The third-order valence-corrected chi connectivity index (χ3v) is 5.86. The number of carbonyl (C=O) groups excluding carboxylic acids is 1. The summed E-state index contributed by atoms with van der Waals surface area (Å²) >= 11 is 0. The van der Waals surface area contributed by atoms with Crippen LogP contribution in [0.1, 0.15) is 29.2 Å². The number of nitrogens with one attached hydrogen (secondary N) is 1. The number of alkyl halides is 3. The molecule has 35 heavy (non-hydrogen) atoms. The molecule has 1 aromatic heterocycles. The number of methoxy groups -OCH3 is 1. The van der Waals surface area contributed by atoms with E-state index < -0.39 is 17.6 Å². The first kappa shape index (κ1) is 24.1. The number of hydrogen-bond acceptors (Lipinski definition) is 3. The molecule has 0 unspecified atom stereocenters. The lowest BCUT2D eigenvalue weighted by molar-refractivity contribution is -0.137. The third-order valence-electron chi connectivity index (χ3n) is 5.86. The lowest BCUT2D eigenvalue weighted by atomic mass is 9.96. The maximum Gasteiger partial charge on any atom is 0.416 e. The number of ether oxygens (including phenoxy) is 1. The summed E-state index contributed by atoms with van der Waals surface area (Å²) < 4.78 is 49.8. The summed E-state index contributed by atoms with van der Waals surface area (Å²) in [5.74, 6) is 0.117. The molecule has 0 fully saturated rings. The monoisotopic (exact) mass is 479 g/mol. The molecule has 0 aliphatic carbocycles. The molecule has 4 aromatic rings. The second kappa shape index (κ2) is 9.33. The van der Waals surface area contributed by atoms with E-state index in [1.54, 1.807) is 20.3 Å². The zero-order valence-corrected chi connectivity index (χ0v) is 19.7. The van der Waals surface area contributed by atoms with E-state index in [9.17, 15) is 18.0 Å². The topological polar surface area (TPSA) is 51.5 Å². The Morgan fingerprint density at radius 2 is 1.69 bits per heavy atom. The first-order valence-electron chi connectivity index (χ1n) is 10.9. The van der Waals surface area contributed by atoms with Crippen molar-refractivity contribution in [2.24, 2.45) is 0 Å². The normalized spacial score (nSPS) is 12.1. The molecule has 0 aliphatic heterocycles. The number of amides is 1. The van der Waals surface area contributed by atoms with Crippen molar-refractivity contribution in [3.63, 3.8) is 0 Å². The molecule has 4 rings (SSSR count). The van der Waals surface area contributed by atoms with E-state index in [2.05, 4.69) is 5.32 Å². The van der Waals surface area contributed by atoms with Gasteiger partial charge >= 0.3 is 6.18 Å². The van der Waals surface area contributed by atoms with Crippen LogP contribution in [0.2, 0.25) is 0 Å². The molecule has 4 nitrogen and oxygen atoms in total. The lowest BCUT2D eigenvalue weighted by Crippen LogP contribution is -2.10. The Morgan fingerprint density at radius 3 is 2.29 bits per heavy atom. The van der Waals surface area contributed by atoms with Crippen LogP contribution in [-0.2, 0) is 11.0 Å². The van der Waals surface area contributed by atoms with E-state index in [1.165, 1.54) is 18.2 Å². The number of furan rings is 1. The predicted octanol–water partition coefficient (Wildman–Crippen LogP) is 7.79. The Labute approximate surface area is 201 Å². The highest BCUT2D eigenvalue weighted by molar-refractivity contribution is 6.06. The highest BCUT2D eigenvalue weighted by Gasteiger charge is 2.30. The minimum atomic E-state index is -4.43. The van der Waals surface area contributed by atoms with Gasteiger partial charge in [0.05, 0.1) is 18.9 Å². The number of hydrogen-bond donors (Lipinski definition) is 1. The van der Waals surface area contributed by atoms with Gasteiger partial charge in [-0.2, -0.15) is 13.2 Å². The first-order valence-corrected chi connectivity index (χ1v) is 10.9. The van der Waals surface area contributed by atoms with Gasteiger partial charge in [-0.3, -0.25) is 4.79 Å². The van der Waals surface area contributed by atoms with Gasteiger partial charge in [0.15, 0.2) is 0 Å². The molecule has 7 heteroatoms. The summed E-state index contributed by atoms with van der Waals surface area (Å²) in [7, 11) is 1.55. The van der Waals surface area contributed by atoms with E-state index in [0.29, 0.717) is 16.9 Å². The number of allylic oxidation sites excluding steroid dienone is 1. The number of benzene rings is 3. The number of rotatable bonds is 5. The van der Waals surface area contributed by atoms with Crippen molar-refractivity contribution in [2.45, 2.75) is 26.9 Å². The lowest BCUT2D eigenvalue weighted by Gasteiger charge is -2.13. The van der Waals surface area contributed by atoms with Crippen molar-refractivity contribution in [3.05, 3.63) is 89.2 Å². The van der Waals surface area contributed by atoms with Crippen molar-refractivity contribution >= 4 is 28.1 Å². The molecular weight excluding hydrogens is 455 g/mol. The summed E-state index contributed by atoms with van der Waals surface area (Å²) in [6.45, 7) is 5.69. The molecular formula is C28H24F3NO3. The van der Waals surface area contributed by atoms with Crippen LogP contribution >= 0.6 is 0 Å². The molecule has 1 N–H and O–H groups in total. The molecule has 0 saturated carbocycles. The van der Waals surface area contributed by atoms with Crippen LogP contribution in [0, 0.1) is 13.8 Å². The van der Waals surface area contributed by atoms with Crippen LogP contribution in [0.3, 0.4) is 0 Å². The number of carbonyl (C=O) groups is 1. The third kappa shape index (κ3) is 4.94. The molecule has 180 valence electrons. The Balaban J connectivity index is 1.68. The van der Waals surface area contributed by atoms with E-state index in [-0.39, 0.29) is 5.69 Å². The van der Waals surface area contributed by atoms with E-state index >= 15 is 0 Å². The van der Waals surface area contributed by atoms with E-state index in [1.807, 2.05) is 44.2 Å². The SMILES string of the molecule is COc1c(/C(C)=C/C(=O)Nc2ccc(C(F)(F)F)cc2)cc2c(-c3ccc(C)cc3)coc2c1C. The van der Waals surface area contributed by atoms with Crippen LogP contribution in [0.4, 0.5) is 18.9 Å². The highest BCUT2D eigenvalue weighted by Crippen LogP contribution is 2.40. The van der Waals surface area contributed by atoms with Gasteiger partial charge in [-0.1, -0.05) is 29.8 Å². The number of aryl methyl sites for hydroxylation is 2. The molecule has 0 spiro atoms. The van der Waals surface area contributed by atoms with Crippen molar-refractivity contribution < 1.29 is 27.1 Å². The van der Waals surface area contributed by atoms with Gasteiger partial charge in [0.25, 0.3) is 0 Å². The second-order valence-corrected chi connectivity index (χ2v) is 8.37. The zero-order valence-electron chi connectivity index (χ0n) is 19.7. The van der Waals surface area contributed by atoms with Crippen LogP contribution in [0.15, 0.2) is 71.4 Å². The summed E-state index contributed by atoms with van der Waals surface area (Å²) in [6, 6.07) is 14.3. The van der Waals surface area contributed by atoms with Gasteiger partial charge in [0, 0.05) is 33.8 Å². The summed E-state index contributed by atoms with van der Waals surface area (Å²) in [4.78, 5) is 12.6. The fraction of sp³-hybridized carbons (Fsp3) is 0.179. The minimum absolute atomic E-state index is 0.266. The first-order chi connectivity index (χ1) is 16.6. The molecule has 0 atom stereocenters. The van der Waals surface area contributed by atoms with Gasteiger partial charge in [-0.05, 0) is 62.2 Å². The van der Waals surface area contributed by atoms with Gasteiger partial charge in [0.1, 0.15) is 11.3 Å². The van der Waals surface area contributed by atoms with Crippen molar-refractivity contribution in [1.82, 2.24) is 0 Å². The summed E-state index contributed by atoms with van der Waals surface area (Å²) in [6.07, 6.45) is -1.33. The smallest absolute Gasteiger partial charge is 0.416 e. The average Bonchev–Trinajstić information content (AvgIpc) is 3.23. The maximum absolute atomic E-state index is 12.8. The van der Waals surface area contributed by atoms with Crippen LogP contribution in [0.5, 0.6) is 5.75 Å². The van der Waals surface area contributed by atoms with Crippen LogP contribution in [0.25, 0.3) is 27.7 Å². The fourth-order valence-corrected chi connectivity index (χ4v) is 4.02. The number of anilines is 1. The van der Waals surface area contributed by atoms with Crippen molar-refractivity contribution in [1.29, 1.82) is 0 Å². The van der Waals surface area contributed by atoms with Crippen LogP contribution in [-0.4, -0.2) is 13.0 Å². The zero-order chi connectivity index (χ0) is 25.3. The Morgan fingerprint density at radius 1 is 1.03 bits per heavy atom. The Kier molecular flexibility index (Phi) is 6.43. The second-order valence-electron chi connectivity index (χ2n) is 8.37. The predicted molar refractivity (Wildman–Crippen MR) is 131 cm³/mol. The molecule has 3 aromatic carbocycles. The highest BCUT2D eigenvalue weighted by atomic mass is 19.4. The molecule has 0 bridgehead atoms. The molecule has 1 amide bonds. The van der Waals surface area contributed by atoms with E-state index in [0.717, 1.165) is 45.3 Å². The van der Waals surface area contributed by atoms with Crippen molar-refractivity contribution in [2.75, 3.05) is 12.4 Å². The number of halogens is 3. The van der Waals surface area contributed by atoms with E-state index in [4.69, 9.17) is 9.15 Å². The molecule has 0 aliphatic rings. The van der Waals surface area contributed by atoms with Gasteiger partial charge in [-0.15, -0.1) is 0 Å². The standard InChI is InChI=1S/C28H24F3NO3/c1-16-5-7-19(8-6-16)24-15-35-27-18(3)26(34-4)22(14-23(24)27)17(2)13-25(33)32-21-11-9-20(10-12-21)28(29,30)31/h5-15H,1-4H3,(H,32,33)/b17-13+. The maximum atomic E-state index is 12.8. The molecule has 0 radical (unpaired) electrons. The molecule has 0 saturated heterocycles. The minimum Gasteiger partial charge on any atom is -0.496 e. The Bertz CT molecular complexity index is 1410. The Hall–Kier alpha value is -4.00. The summed E-state index contributed by atoms with van der Waals surface area (Å²) in [5.41, 5.74) is 5.42. The van der Waals surface area contributed by atoms with Crippen molar-refractivity contribution in [3.8, 4) is 16.9 Å². The van der Waals surface area contributed by atoms with Crippen LogP contribution < -0.4 is 10.1 Å². The number of fused-ring (bicyclic) bond motifs is 1. The largest absolute Gasteiger partial charge is 0.496 e. The summed E-state index contributed by atoms with van der Waals surface area (Å²) in [5, 5.41) is 3.49. The quantitative estimate of drug-likeness (QED) is 0.297. The van der Waals surface area contributed by atoms with Gasteiger partial charge < -0.3 is 14.5 Å². The molecule has 1 heterocycles. The van der Waals surface area contributed by atoms with Gasteiger partial charge in [-0.25, -0.2) is 0 Å². The van der Waals surface area contributed by atoms with Gasteiger partial charge in [0.2, 0.25) is 5.91 Å². The average molecular weight is 479 g/mol.